The van der Waals surface area contributed by atoms with Crippen LogP contribution in [0.5, 0.6) is 0 Å². The zero-order valence-electron chi connectivity index (χ0n) is 6.29. The Labute approximate surface area is 81.6 Å². The predicted molar refractivity (Wildman–Crippen MR) is 56.2 cm³/mol. The zero-order valence-corrected chi connectivity index (χ0v) is 7.94. The van der Waals surface area contributed by atoms with E-state index in [0.717, 1.165) is 10.3 Å². The van der Waals surface area contributed by atoms with E-state index in [1.807, 2.05) is 36.4 Å². The highest BCUT2D eigenvalue weighted by molar-refractivity contribution is 7.80. The minimum absolute atomic E-state index is 0.706. The standard InChI is InChI=1S/C10H7ClS/c11-9-5-7-3-1-2-4-8(7)6-10(9)12/h1-6,12H. The topological polar surface area (TPSA) is 0 Å². The minimum atomic E-state index is 0.706. The van der Waals surface area contributed by atoms with E-state index in [-0.39, 0.29) is 0 Å². The molecule has 0 aliphatic carbocycles. The van der Waals surface area contributed by atoms with Gasteiger partial charge in [-0.2, -0.15) is 0 Å². The maximum Gasteiger partial charge on any atom is 0.0545 e. The molecule has 0 heterocycles. The van der Waals surface area contributed by atoms with E-state index in [1.165, 1.54) is 5.39 Å². The summed E-state index contributed by atoms with van der Waals surface area (Å²) in [6.07, 6.45) is 0. The molecule has 0 saturated carbocycles. The number of hydrogen-bond acceptors (Lipinski definition) is 1. The van der Waals surface area contributed by atoms with Crippen LogP contribution in [0.3, 0.4) is 0 Å². The average molecular weight is 195 g/mol. The van der Waals surface area contributed by atoms with Gasteiger partial charge in [0.15, 0.2) is 0 Å². The normalized spacial score (nSPS) is 10.5. The lowest BCUT2D eigenvalue weighted by Gasteiger charge is -2.00. The summed E-state index contributed by atoms with van der Waals surface area (Å²) < 4.78 is 0. The smallest absolute Gasteiger partial charge is 0.0545 e. The van der Waals surface area contributed by atoms with Crippen LogP contribution in [0.1, 0.15) is 0 Å². The summed E-state index contributed by atoms with van der Waals surface area (Å²) in [5.41, 5.74) is 0. The summed E-state index contributed by atoms with van der Waals surface area (Å²) in [7, 11) is 0. The van der Waals surface area contributed by atoms with Crippen molar-refractivity contribution >= 4 is 35.0 Å². The molecular formula is C10H7ClS. The second-order valence-electron chi connectivity index (χ2n) is 2.65. The molecule has 0 fully saturated rings. The number of benzene rings is 2. The van der Waals surface area contributed by atoms with Gasteiger partial charge >= 0.3 is 0 Å². The molecule has 0 radical (unpaired) electrons. The van der Waals surface area contributed by atoms with Gasteiger partial charge in [0.25, 0.3) is 0 Å². The summed E-state index contributed by atoms with van der Waals surface area (Å²) >= 11 is 10.2. The zero-order chi connectivity index (χ0) is 8.55. The second kappa shape index (κ2) is 3.00. The summed E-state index contributed by atoms with van der Waals surface area (Å²) in [6, 6.07) is 12.0. The van der Waals surface area contributed by atoms with Gasteiger partial charge in [-0.1, -0.05) is 35.9 Å². The van der Waals surface area contributed by atoms with E-state index >= 15 is 0 Å². The van der Waals surface area contributed by atoms with Crippen LogP contribution in [0.25, 0.3) is 10.8 Å². The molecule has 0 spiro atoms. The second-order valence-corrected chi connectivity index (χ2v) is 3.54. The van der Waals surface area contributed by atoms with Gasteiger partial charge < -0.3 is 0 Å². The fraction of sp³-hybridized carbons (Fsp3) is 0. The molecule has 0 atom stereocenters. The van der Waals surface area contributed by atoms with Crippen molar-refractivity contribution in [1.29, 1.82) is 0 Å². The van der Waals surface area contributed by atoms with Gasteiger partial charge in [-0.05, 0) is 22.9 Å². The van der Waals surface area contributed by atoms with Crippen molar-refractivity contribution < 1.29 is 0 Å². The van der Waals surface area contributed by atoms with Crippen LogP contribution in [0.4, 0.5) is 0 Å². The first-order chi connectivity index (χ1) is 5.77. The first-order valence-electron chi connectivity index (χ1n) is 3.64. The lowest BCUT2D eigenvalue weighted by Crippen LogP contribution is -1.73. The molecule has 2 heteroatoms. The molecule has 0 unspecified atom stereocenters. The Balaban J connectivity index is 2.84. The van der Waals surface area contributed by atoms with Gasteiger partial charge in [0.05, 0.1) is 5.02 Å². The molecule has 60 valence electrons. The van der Waals surface area contributed by atoms with Crippen molar-refractivity contribution in [2.45, 2.75) is 4.90 Å². The molecule has 0 saturated heterocycles. The first-order valence-corrected chi connectivity index (χ1v) is 4.47. The highest BCUT2D eigenvalue weighted by Gasteiger charge is 1.97. The lowest BCUT2D eigenvalue weighted by atomic mass is 10.1. The average Bonchev–Trinajstić information content (AvgIpc) is 2.07. The molecule has 0 aliphatic rings. The van der Waals surface area contributed by atoms with E-state index in [2.05, 4.69) is 12.6 Å². The molecule has 0 aromatic heterocycles. The van der Waals surface area contributed by atoms with Crippen LogP contribution in [0, 0.1) is 0 Å². The van der Waals surface area contributed by atoms with Crippen molar-refractivity contribution in [3.63, 3.8) is 0 Å². The third-order valence-corrected chi connectivity index (χ3v) is 2.63. The van der Waals surface area contributed by atoms with Crippen LogP contribution < -0.4 is 0 Å². The van der Waals surface area contributed by atoms with Gasteiger partial charge in [0.1, 0.15) is 0 Å². The van der Waals surface area contributed by atoms with Crippen LogP contribution in [-0.2, 0) is 0 Å². The summed E-state index contributed by atoms with van der Waals surface area (Å²) in [5.74, 6) is 0. The number of fused-ring (bicyclic) bond motifs is 1. The third-order valence-electron chi connectivity index (χ3n) is 1.82. The summed E-state index contributed by atoms with van der Waals surface area (Å²) in [5, 5.41) is 3.03. The van der Waals surface area contributed by atoms with E-state index < -0.39 is 0 Å². The summed E-state index contributed by atoms with van der Waals surface area (Å²) in [4.78, 5) is 0.829. The van der Waals surface area contributed by atoms with Crippen molar-refractivity contribution in [1.82, 2.24) is 0 Å². The van der Waals surface area contributed by atoms with Crippen molar-refractivity contribution in [2.24, 2.45) is 0 Å². The van der Waals surface area contributed by atoms with E-state index in [1.54, 1.807) is 0 Å². The molecule has 12 heavy (non-hydrogen) atoms. The Morgan fingerprint density at radius 3 is 2.25 bits per heavy atom. The lowest BCUT2D eigenvalue weighted by molar-refractivity contribution is 1.52. The van der Waals surface area contributed by atoms with Crippen molar-refractivity contribution in [3.8, 4) is 0 Å². The largest absolute Gasteiger partial charge is 0.142 e. The molecule has 0 nitrogen and oxygen atoms in total. The van der Waals surface area contributed by atoms with Crippen LogP contribution in [0.2, 0.25) is 5.02 Å². The highest BCUT2D eigenvalue weighted by atomic mass is 35.5. The Morgan fingerprint density at radius 2 is 1.58 bits per heavy atom. The fourth-order valence-electron chi connectivity index (χ4n) is 1.20. The fourth-order valence-corrected chi connectivity index (χ4v) is 1.58. The number of hydrogen-bond donors (Lipinski definition) is 1. The molecule has 0 aliphatic heterocycles. The van der Waals surface area contributed by atoms with Gasteiger partial charge in [0, 0.05) is 4.90 Å². The SMILES string of the molecule is Sc1cc2ccccc2cc1Cl. The molecule has 0 bridgehead atoms. The maximum atomic E-state index is 5.91. The molecular weight excluding hydrogens is 188 g/mol. The first kappa shape index (κ1) is 7.96. The van der Waals surface area contributed by atoms with Crippen LogP contribution in [0.15, 0.2) is 41.3 Å². The molecule has 2 aromatic carbocycles. The molecule has 2 rings (SSSR count). The van der Waals surface area contributed by atoms with Crippen LogP contribution >= 0.6 is 24.2 Å². The van der Waals surface area contributed by atoms with Gasteiger partial charge in [-0.15, -0.1) is 12.6 Å². The maximum absolute atomic E-state index is 5.91. The number of rotatable bonds is 0. The van der Waals surface area contributed by atoms with E-state index in [4.69, 9.17) is 11.6 Å². The van der Waals surface area contributed by atoms with Crippen molar-refractivity contribution in [3.05, 3.63) is 41.4 Å². The predicted octanol–water partition coefficient (Wildman–Crippen LogP) is 3.78. The number of halogens is 1. The third kappa shape index (κ3) is 1.30. The van der Waals surface area contributed by atoms with E-state index in [9.17, 15) is 0 Å². The minimum Gasteiger partial charge on any atom is -0.142 e. The Hall–Kier alpha value is -0.660. The van der Waals surface area contributed by atoms with E-state index in [0.29, 0.717) is 5.02 Å². The molecule has 0 N–H and O–H groups in total. The van der Waals surface area contributed by atoms with Crippen molar-refractivity contribution in [2.75, 3.05) is 0 Å². The molecule has 0 amide bonds. The highest BCUT2D eigenvalue weighted by Crippen LogP contribution is 2.25. The van der Waals surface area contributed by atoms with Gasteiger partial charge in [0.2, 0.25) is 0 Å². The Morgan fingerprint density at radius 1 is 1.00 bits per heavy atom. The van der Waals surface area contributed by atoms with Crippen LogP contribution in [-0.4, -0.2) is 0 Å². The Kier molecular flexibility index (Phi) is 1.99. The number of thiol groups is 1. The van der Waals surface area contributed by atoms with Gasteiger partial charge in [-0.25, -0.2) is 0 Å². The molecule has 2 aromatic rings. The quantitative estimate of drug-likeness (QED) is 0.607. The van der Waals surface area contributed by atoms with Gasteiger partial charge in [-0.3, -0.25) is 0 Å². The summed E-state index contributed by atoms with van der Waals surface area (Å²) in [6.45, 7) is 0. The Bertz CT molecular complexity index is 383. The monoisotopic (exact) mass is 194 g/mol.